The van der Waals surface area contributed by atoms with Gasteiger partial charge in [-0.3, -0.25) is 0 Å². The molecule has 0 amide bonds. The lowest BCUT2D eigenvalue weighted by molar-refractivity contribution is 0.0833. The monoisotopic (exact) mass is 339 g/mol. The Hall–Kier alpha value is -1.21. The number of nitrogens with one attached hydrogen (secondary N) is 1. The van der Waals surface area contributed by atoms with Gasteiger partial charge in [0.2, 0.25) is 19.5 Å². The number of ether oxygens (including phenoxy) is 1. The van der Waals surface area contributed by atoms with Gasteiger partial charge in [-0.05, 0) is 44.9 Å². The first-order valence-corrected chi connectivity index (χ1v) is 8.75. The molecule has 1 aliphatic rings. The van der Waals surface area contributed by atoms with Crippen LogP contribution in [0.2, 0.25) is 0 Å². The van der Waals surface area contributed by atoms with Gasteiger partial charge >= 0.3 is 0 Å². The van der Waals surface area contributed by atoms with Crippen molar-refractivity contribution in [1.82, 2.24) is 15.2 Å². The Morgan fingerprint density at radius 1 is 1.42 bits per heavy atom. The van der Waals surface area contributed by atoms with Gasteiger partial charge in [-0.2, -0.15) is 0 Å². The molecule has 7 heteroatoms. The Morgan fingerprint density at radius 2 is 2.08 bits per heavy atom. The molecule has 0 aromatic carbocycles. The van der Waals surface area contributed by atoms with Crippen LogP contribution in [0.4, 0.5) is 8.78 Å². The Balaban J connectivity index is 2.13. The van der Waals surface area contributed by atoms with Gasteiger partial charge in [-0.25, -0.2) is 13.8 Å². The third-order valence-electron chi connectivity index (χ3n) is 4.53. The van der Waals surface area contributed by atoms with Crippen LogP contribution in [0.1, 0.15) is 44.4 Å². The zero-order chi connectivity index (χ0) is 17.7. The van der Waals surface area contributed by atoms with E-state index in [1.807, 2.05) is 0 Å². The van der Waals surface area contributed by atoms with Crippen molar-refractivity contribution in [2.45, 2.75) is 57.6 Å². The minimum atomic E-state index is -2.97. The van der Waals surface area contributed by atoms with Crippen molar-refractivity contribution in [3.8, 4) is 5.88 Å². The van der Waals surface area contributed by atoms with Crippen LogP contribution in [-0.2, 0) is 12.4 Å². The normalized spacial score (nSPS) is 18.5. The van der Waals surface area contributed by atoms with E-state index in [-0.39, 0.29) is 11.8 Å². The van der Waals surface area contributed by atoms with Crippen molar-refractivity contribution < 1.29 is 13.5 Å². The van der Waals surface area contributed by atoms with Gasteiger partial charge in [-0.1, -0.05) is 6.92 Å². The lowest BCUT2D eigenvalue weighted by Crippen LogP contribution is -2.36. The van der Waals surface area contributed by atoms with Crippen LogP contribution in [0.15, 0.2) is 12.1 Å². The van der Waals surface area contributed by atoms with Gasteiger partial charge in [0.1, 0.15) is 11.8 Å². The first-order valence-electron chi connectivity index (χ1n) is 8.75. The Kier molecular flexibility index (Phi) is 6.58. The molecule has 0 saturated carbocycles. The summed E-state index contributed by atoms with van der Waals surface area (Å²) in [5.41, 5.74) is 0.554. The average Bonchev–Trinajstić information content (AvgIpc) is 2.54. The molecular weight excluding hydrogens is 311 g/mol. The van der Waals surface area contributed by atoms with Crippen molar-refractivity contribution in [1.29, 1.82) is 0 Å². The summed E-state index contributed by atoms with van der Waals surface area (Å²) in [7, 11) is 2.95. The second-order valence-electron chi connectivity index (χ2n) is 6.90. The molecule has 24 heavy (non-hydrogen) atoms. The molecule has 0 radical (unpaired) electrons. The molecule has 0 bridgehead atoms. The molecule has 134 valence electrons. The zero-order valence-electron chi connectivity index (χ0n) is 15.1. The minimum absolute atomic E-state index is 0.0461. The van der Waals surface area contributed by atoms with Crippen molar-refractivity contribution in [2.24, 2.45) is 0 Å². The summed E-state index contributed by atoms with van der Waals surface area (Å²) in [6, 6.07) is 3.59. The van der Waals surface area contributed by atoms with Crippen LogP contribution in [0, 0.1) is 0 Å². The second-order valence-corrected chi connectivity index (χ2v) is 6.90. The van der Waals surface area contributed by atoms with Gasteiger partial charge in [0.25, 0.3) is 0 Å². The first kappa shape index (κ1) is 19.1. The molecule has 1 unspecified atom stereocenters. The Labute approximate surface area is 144 Å². The van der Waals surface area contributed by atoms with Crippen LogP contribution < -0.4 is 10.1 Å². The maximum atomic E-state index is 13.8. The van der Waals surface area contributed by atoms with Crippen LogP contribution in [0.5, 0.6) is 5.88 Å². The predicted molar refractivity (Wildman–Crippen MR) is 94.4 cm³/mol. The summed E-state index contributed by atoms with van der Waals surface area (Å²) in [6.45, 7) is 6.61. The Morgan fingerprint density at radius 3 is 2.67 bits per heavy atom. The predicted octanol–water partition coefficient (Wildman–Crippen LogP) is 2.13. The maximum Gasteiger partial charge on any atom is 0.247 e. The Bertz CT molecular complexity index is 531. The van der Waals surface area contributed by atoms with E-state index < -0.39 is 5.82 Å². The van der Waals surface area contributed by atoms with E-state index in [1.165, 1.54) is 6.07 Å². The number of likely N-dealkylation sites (tertiary alicyclic amines) is 1. The summed E-state index contributed by atoms with van der Waals surface area (Å²) < 4.78 is 33.4. The maximum absolute atomic E-state index is 13.8. The number of hydrogen-bond acceptors (Lipinski definition) is 4. The molecule has 0 spiro atoms. The fourth-order valence-corrected chi connectivity index (χ4v) is 2.66. The molecule has 1 atom stereocenters. The lowest BCUT2D eigenvalue weighted by Gasteiger charge is -2.29. The number of piperidine rings is 1. The van der Waals surface area contributed by atoms with Gasteiger partial charge in [0.05, 0.1) is 0 Å². The molecular formula is C17H28BF2N3O. The van der Waals surface area contributed by atoms with E-state index in [9.17, 15) is 8.78 Å². The number of rotatable bonds is 7. The largest absolute Gasteiger partial charge is 0.474 e. The van der Waals surface area contributed by atoms with E-state index in [0.717, 1.165) is 45.8 Å². The fraction of sp³-hybridized carbons (Fsp3) is 0.706. The van der Waals surface area contributed by atoms with Crippen molar-refractivity contribution in [2.75, 3.05) is 20.1 Å². The number of halogens is 2. The standard InChI is InChI=1S/C17H28BF2N3O/c1-4-12(2)21-11-13-9-15(17(18,19)20)22-16(10-13)24-14-5-7-23(3)8-6-14/h9-10,12,14,21H,4-8,11,18H2,1-3H3. The van der Waals surface area contributed by atoms with Gasteiger partial charge in [-0.15, -0.1) is 0 Å². The molecule has 1 aliphatic heterocycles. The van der Waals surface area contributed by atoms with Crippen molar-refractivity contribution in [3.63, 3.8) is 0 Å². The quantitative estimate of drug-likeness (QED) is 0.773. The first-order chi connectivity index (χ1) is 11.3. The van der Waals surface area contributed by atoms with Gasteiger partial charge < -0.3 is 15.0 Å². The molecule has 1 saturated heterocycles. The molecule has 1 aromatic rings. The highest BCUT2D eigenvalue weighted by atomic mass is 19.3. The van der Waals surface area contributed by atoms with E-state index in [4.69, 9.17) is 4.74 Å². The summed E-state index contributed by atoms with van der Waals surface area (Å²) in [4.78, 5) is 6.29. The van der Waals surface area contributed by atoms with Crippen molar-refractivity contribution in [3.05, 3.63) is 23.4 Å². The minimum Gasteiger partial charge on any atom is -0.474 e. The number of alkyl halides is 2. The van der Waals surface area contributed by atoms with E-state index in [1.54, 1.807) is 6.07 Å². The van der Waals surface area contributed by atoms with Crippen LogP contribution in [-0.4, -0.2) is 50.0 Å². The van der Waals surface area contributed by atoms with Gasteiger partial charge in [0, 0.05) is 31.7 Å². The van der Waals surface area contributed by atoms with Gasteiger partial charge in [0.15, 0.2) is 0 Å². The fourth-order valence-electron chi connectivity index (χ4n) is 2.66. The molecule has 4 nitrogen and oxygen atoms in total. The molecule has 2 heterocycles. The highest BCUT2D eigenvalue weighted by Crippen LogP contribution is 2.27. The van der Waals surface area contributed by atoms with Crippen molar-refractivity contribution >= 4 is 7.85 Å². The summed E-state index contributed by atoms with van der Waals surface area (Å²) in [5.74, 6) is -2.67. The highest BCUT2D eigenvalue weighted by Gasteiger charge is 2.28. The lowest BCUT2D eigenvalue weighted by atomic mass is 9.94. The molecule has 1 N–H and O–H groups in total. The summed E-state index contributed by atoms with van der Waals surface area (Å²) >= 11 is 0. The molecule has 1 fully saturated rings. The number of pyridine rings is 1. The average molecular weight is 339 g/mol. The SMILES string of the molecule is BC(F)(F)c1cc(CNC(C)CC)cc(OC2CCN(C)CC2)n1. The molecule has 0 aliphatic carbocycles. The van der Waals surface area contributed by atoms with E-state index in [0.29, 0.717) is 18.5 Å². The van der Waals surface area contributed by atoms with E-state index in [2.05, 4.69) is 36.1 Å². The highest BCUT2D eigenvalue weighted by molar-refractivity contribution is 6.13. The second kappa shape index (κ2) is 8.25. The van der Waals surface area contributed by atoms with Crippen LogP contribution >= 0.6 is 0 Å². The number of aromatic nitrogens is 1. The molecule has 1 aromatic heterocycles. The van der Waals surface area contributed by atoms with E-state index >= 15 is 0 Å². The third-order valence-corrected chi connectivity index (χ3v) is 4.53. The van der Waals surface area contributed by atoms with Crippen LogP contribution in [0.25, 0.3) is 0 Å². The number of nitrogens with zero attached hydrogens (tertiary/aromatic N) is 2. The number of hydrogen-bond donors (Lipinski definition) is 1. The van der Waals surface area contributed by atoms with Crippen LogP contribution in [0.3, 0.4) is 0 Å². The summed E-state index contributed by atoms with van der Waals surface area (Å²) in [5, 5.41) is 3.33. The zero-order valence-corrected chi connectivity index (χ0v) is 15.1. The smallest absolute Gasteiger partial charge is 0.247 e. The topological polar surface area (TPSA) is 37.4 Å². The molecule has 2 rings (SSSR count). The summed E-state index contributed by atoms with van der Waals surface area (Å²) in [6.07, 6.45) is 2.82. The third kappa shape index (κ3) is 5.70.